The molecular formula is C16H25NO2. The number of nitrogens with one attached hydrogen (secondary N) is 1. The number of benzene rings is 1. The van der Waals surface area contributed by atoms with Crippen molar-refractivity contribution in [1.29, 1.82) is 0 Å². The van der Waals surface area contributed by atoms with E-state index in [2.05, 4.69) is 37.4 Å². The molecule has 1 aromatic rings. The molecule has 19 heavy (non-hydrogen) atoms. The van der Waals surface area contributed by atoms with Crippen LogP contribution in [0.1, 0.15) is 31.4 Å². The minimum absolute atomic E-state index is 0.0619. The van der Waals surface area contributed by atoms with Crippen molar-refractivity contribution in [3.8, 4) is 5.75 Å². The minimum Gasteiger partial charge on any atom is -0.487 e. The van der Waals surface area contributed by atoms with Crippen molar-refractivity contribution in [2.75, 3.05) is 20.3 Å². The molecule has 3 heteroatoms. The molecule has 106 valence electrons. The third-order valence-electron chi connectivity index (χ3n) is 3.48. The smallest absolute Gasteiger partial charge is 0.134 e. The van der Waals surface area contributed by atoms with Crippen molar-refractivity contribution in [1.82, 2.24) is 5.32 Å². The Morgan fingerprint density at radius 2 is 2.00 bits per heavy atom. The molecule has 1 atom stereocenters. The van der Waals surface area contributed by atoms with Crippen LogP contribution in [0.5, 0.6) is 5.75 Å². The summed E-state index contributed by atoms with van der Waals surface area (Å²) in [4.78, 5) is 0. The van der Waals surface area contributed by atoms with Gasteiger partial charge < -0.3 is 14.8 Å². The molecule has 0 aromatic heterocycles. The Balaban J connectivity index is 1.96. The molecule has 2 rings (SSSR count). The van der Waals surface area contributed by atoms with Gasteiger partial charge in [-0.3, -0.25) is 0 Å². The summed E-state index contributed by atoms with van der Waals surface area (Å²) >= 11 is 0. The average Bonchev–Trinajstić information content (AvgIpc) is 2.83. The predicted molar refractivity (Wildman–Crippen MR) is 77.9 cm³/mol. The lowest BCUT2D eigenvalue weighted by atomic mass is 10.1. The Morgan fingerprint density at radius 1 is 1.21 bits per heavy atom. The summed E-state index contributed by atoms with van der Waals surface area (Å²) < 4.78 is 11.3. The first kappa shape index (κ1) is 14.4. The molecule has 0 aliphatic heterocycles. The summed E-state index contributed by atoms with van der Waals surface area (Å²) in [5.74, 6) is 0.966. The molecule has 0 radical (unpaired) electrons. The molecule has 3 nitrogen and oxygen atoms in total. The van der Waals surface area contributed by atoms with Crippen LogP contribution in [0.3, 0.4) is 0 Å². The molecule has 1 aliphatic rings. The zero-order valence-corrected chi connectivity index (χ0v) is 12.2. The van der Waals surface area contributed by atoms with Gasteiger partial charge in [-0.25, -0.2) is 0 Å². The number of fused-ring (bicyclic) bond motifs is 1. The number of aryl methyl sites for hydroxylation is 2. The summed E-state index contributed by atoms with van der Waals surface area (Å²) in [6.07, 6.45) is 3.74. The maximum atomic E-state index is 6.04. The largest absolute Gasteiger partial charge is 0.487 e. The van der Waals surface area contributed by atoms with Crippen molar-refractivity contribution in [2.45, 2.75) is 45.3 Å². The molecule has 1 N–H and O–H groups in total. The van der Waals surface area contributed by atoms with Crippen LogP contribution < -0.4 is 10.1 Å². The number of rotatable bonds is 7. The van der Waals surface area contributed by atoms with Crippen LogP contribution in [-0.2, 0) is 17.6 Å². The van der Waals surface area contributed by atoms with Crippen molar-refractivity contribution < 1.29 is 9.47 Å². The highest BCUT2D eigenvalue weighted by atomic mass is 16.5. The van der Waals surface area contributed by atoms with Gasteiger partial charge in [0.15, 0.2) is 0 Å². The monoisotopic (exact) mass is 263 g/mol. The second kappa shape index (κ2) is 6.92. The first-order valence-corrected chi connectivity index (χ1v) is 7.20. The van der Waals surface area contributed by atoms with Crippen LogP contribution in [-0.4, -0.2) is 32.4 Å². The van der Waals surface area contributed by atoms with E-state index < -0.39 is 0 Å². The molecule has 0 saturated carbocycles. The molecule has 1 unspecified atom stereocenters. The summed E-state index contributed by atoms with van der Waals surface area (Å²) in [5.41, 5.74) is 2.93. The van der Waals surface area contributed by atoms with Crippen molar-refractivity contribution in [2.24, 2.45) is 0 Å². The third kappa shape index (κ3) is 4.22. The molecule has 0 spiro atoms. The highest BCUT2D eigenvalue weighted by Crippen LogP contribution is 2.26. The molecule has 1 aliphatic carbocycles. The van der Waals surface area contributed by atoms with E-state index in [1.807, 2.05) is 0 Å². The van der Waals surface area contributed by atoms with Gasteiger partial charge in [-0.1, -0.05) is 19.9 Å². The molecule has 1 aromatic carbocycles. The Hall–Kier alpha value is -1.06. The second-order valence-electron chi connectivity index (χ2n) is 5.54. The van der Waals surface area contributed by atoms with Crippen molar-refractivity contribution >= 4 is 0 Å². The highest BCUT2D eigenvalue weighted by Gasteiger charge is 2.14. The second-order valence-corrected chi connectivity index (χ2v) is 5.54. The van der Waals surface area contributed by atoms with Crippen LogP contribution in [0.15, 0.2) is 18.2 Å². The van der Waals surface area contributed by atoms with E-state index in [1.54, 1.807) is 7.11 Å². The van der Waals surface area contributed by atoms with Gasteiger partial charge in [-0.15, -0.1) is 0 Å². The van der Waals surface area contributed by atoms with Gasteiger partial charge in [0.05, 0.1) is 6.61 Å². The molecule has 0 fully saturated rings. The van der Waals surface area contributed by atoms with E-state index in [0.29, 0.717) is 12.6 Å². The predicted octanol–water partition coefficient (Wildman–Crippen LogP) is 2.57. The SMILES string of the molecule is COCC(CNC(C)C)Oc1ccc2c(c1)CCC2. The third-order valence-corrected chi connectivity index (χ3v) is 3.48. The standard InChI is InChI=1S/C16H25NO2/c1-12(2)17-10-16(11-18-3)19-15-8-7-13-5-4-6-14(13)9-15/h7-9,12,16-17H,4-6,10-11H2,1-3H3. The lowest BCUT2D eigenvalue weighted by Gasteiger charge is -2.20. The maximum Gasteiger partial charge on any atom is 0.134 e. The lowest BCUT2D eigenvalue weighted by Crippen LogP contribution is -2.38. The quantitative estimate of drug-likeness (QED) is 0.820. The average molecular weight is 263 g/mol. The highest BCUT2D eigenvalue weighted by molar-refractivity contribution is 5.38. The molecule has 0 bridgehead atoms. The van der Waals surface area contributed by atoms with Gasteiger partial charge in [-0.2, -0.15) is 0 Å². The van der Waals surface area contributed by atoms with E-state index in [4.69, 9.17) is 9.47 Å². The Morgan fingerprint density at radius 3 is 2.74 bits per heavy atom. The van der Waals surface area contributed by atoms with Gasteiger partial charge in [-0.05, 0) is 42.5 Å². The van der Waals surface area contributed by atoms with Gasteiger partial charge in [0.25, 0.3) is 0 Å². The topological polar surface area (TPSA) is 30.5 Å². The van der Waals surface area contributed by atoms with Gasteiger partial charge in [0.1, 0.15) is 11.9 Å². The number of ether oxygens (including phenoxy) is 2. The van der Waals surface area contributed by atoms with E-state index >= 15 is 0 Å². The molecular weight excluding hydrogens is 238 g/mol. The first-order chi connectivity index (χ1) is 9.19. The zero-order chi connectivity index (χ0) is 13.7. The maximum absolute atomic E-state index is 6.04. The zero-order valence-electron chi connectivity index (χ0n) is 12.2. The number of hydrogen-bond acceptors (Lipinski definition) is 3. The Kier molecular flexibility index (Phi) is 5.23. The fraction of sp³-hybridized carbons (Fsp3) is 0.625. The van der Waals surface area contributed by atoms with Crippen LogP contribution in [0.2, 0.25) is 0 Å². The van der Waals surface area contributed by atoms with Crippen molar-refractivity contribution in [3.63, 3.8) is 0 Å². The fourth-order valence-corrected chi connectivity index (χ4v) is 2.50. The lowest BCUT2D eigenvalue weighted by molar-refractivity contribution is 0.0794. The van der Waals surface area contributed by atoms with Gasteiger partial charge >= 0.3 is 0 Å². The van der Waals surface area contributed by atoms with Crippen LogP contribution in [0.4, 0.5) is 0 Å². The van der Waals surface area contributed by atoms with Gasteiger partial charge in [0.2, 0.25) is 0 Å². The van der Waals surface area contributed by atoms with E-state index in [-0.39, 0.29) is 6.10 Å². The Bertz CT molecular complexity index is 404. The summed E-state index contributed by atoms with van der Waals surface area (Å²) in [6.45, 7) is 5.69. The number of methoxy groups -OCH3 is 1. The van der Waals surface area contributed by atoms with E-state index in [9.17, 15) is 0 Å². The summed E-state index contributed by atoms with van der Waals surface area (Å²) in [6, 6.07) is 6.95. The normalized spacial score (nSPS) is 15.6. The molecule has 0 heterocycles. The van der Waals surface area contributed by atoms with E-state index in [0.717, 1.165) is 12.3 Å². The summed E-state index contributed by atoms with van der Waals surface area (Å²) in [5, 5.41) is 3.40. The fourth-order valence-electron chi connectivity index (χ4n) is 2.50. The van der Waals surface area contributed by atoms with E-state index in [1.165, 1.54) is 30.4 Å². The van der Waals surface area contributed by atoms with Crippen LogP contribution in [0.25, 0.3) is 0 Å². The van der Waals surface area contributed by atoms with Gasteiger partial charge in [0, 0.05) is 19.7 Å². The minimum atomic E-state index is 0.0619. The van der Waals surface area contributed by atoms with Crippen molar-refractivity contribution in [3.05, 3.63) is 29.3 Å². The molecule has 0 amide bonds. The number of hydrogen-bond donors (Lipinski definition) is 1. The van der Waals surface area contributed by atoms with Crippen LogP contribution >= 0.6 is 0 Å². The first-order valence-electron chi connectivity index (χ1n) is 7.20. The summed E-state index contributed by atoms with van der Waals surface area (Å²) in [7, 11) is 1.72. The Labute approximate surface area is 116 Å². The van der Waals surface area contributed by atoms with Crippen LogP contribution in [0, 0.1) is 0 Å². The molecule has 0 saturated heterocycles.